The number of carbonyl (C=O) groups is 1. The van der Waals surface area contributed by atoms with E-state index in [2.05, 4.69) is 10.3 Å². The van der Waals surface area contributed by atoms with Crippen LogP contribution in [0, 0.1) is 6.92 Å². The van der Waals surface area contributed by atoms with E-state index in [0.717, 1.165) is 27.1 Å². The van der Waals surface area contributed by atoms with Gasteiger partial charge in [-0.1, -0.05) is 6.07 Å². The molecule has 0 aliphatic carbocycles. The third-order valence-electron chi connectivity index (χ3n) is 4.83. The Hall–Kier alpha value is -3.80. The number of rotatable bonds is 4. The highest BCUT2D eigenvalue weighted by Gasteiger charge is 2.13. The first-order chi connectivity index (χ1) is 13.9. The molecule has 29 heavy (non-hydrogen) atoms. The third-order valence-corrected chi connectivity index (χ3v) is 4.83. The van der Waals surface area contributed by atoms with Crippen molar-refractivity contribution in [3.8, 4) is 11.4 Å². The lowest BCUT2D eigenvalue weighted by molar-refractivity contribution is 0.102. The van der Waals surface area contributed by atoms with Crippen LogP contribution in [0.5, 0.6) is 0 Å². The zero-order valence-electron chi connectivity index (χ0n) is 16.5. The minimum Gasteiger partial charge on any atom is -0.426 e. The Balaban J connectivity index is 1.53. The van der Waals surface area contributed by atoms with E-state index < -0.39 is 0 Å². The normalized spacial score (nSPS) is 10.9. The van der Waals surface area contributed by atoms with E-state index >= 15 is 0 Å². The van der Waals surface area contributed by atoms with Crippen LogP contribution < -0.4 is 10.2 Å². The quantitative estimate of drug-likeness (QED) is 0.504. The van der Waals surface area contributed by atoms with E-state index in [1.54, 1.807) is 24.3 Å². The molecule has 1 amide bonds. The Morgan fingerprint density at radius 1 is 1.00 bits per heavy atom. The molecule has 146 valence electrons. The first-order valence-electron chi connectivity index (χ1n) is 9.30. The molecule has 0 bridgehead atoms. The van der Waals surface area contributed by atoms with Crippen LogP contribution >= 0.6 is 0 Å². The molecule has 0 aliphatic heterocycles. The van der Waals surface area contributed by atoms with E-state index in [0.29, 0.717) is 22.6 Å². The number of nitrogens with one attached hydrogen (secondary N) is 1. The smallest absolute Gasteiger partial charge is 0.255 e. The molecule has 6 heteroatoms. The number of aryl methyl sites for hydroxylation is 1. The van der Waals surface area contributed by atoms with E-state index in [1.807, 2.05) is 68.4 Å². The summed E-state index contributed by atoms with van der Waals surface area (Å²) in [6.07, 6.45) is 0. The van der Waals surface area contributed by atoms with Gasteiger partial charge in [-0.3, -0.25) is 4.79 Å². The molecule has 2 N–H and O–H groups in total. The standard InChI is InChI=1S/C23H22N4O2/c1-15-4-13-20-21(14-15)27(29)22(25-20)16-5-9-18(10-6-16)24-23(28)17-7-11-19(12-8-17)26(2)3/h4-14,29H,1-3H3,(H,24,28). The van der Waals surface area contributed by atoms with Crippen molar-refractivity contribution in [3.63, 3.8) is 0 Å². The Morgan fingerprint density at radius 2 is 1.69 bits per heavy atom. The minimum atomic E-state index is -0.173. The van der Waals surface area contributed by atoms with Crippen LogP contribution in [0.25, 0.3) is 22.4 Å². The number of benzene rings is 3. The van der Waals surface area contributed by atoms with Crippen LogP contribution in [-0.4, -0.2) is 34.9 Å². The molecule has 4 rings (SSSR count). The number of hydrogen-bond donors (Lipinski definition) is 2. The molecule has 0 spiro atoms. The van der Waals surface area contributed by atoms with Crippen LogP contribution in [0.3, 0.4) is 0 Å². The largest absolute Gasteiger partial charge is 0.426 e. The summed E-state index contributed by atoms with van der Waals surface area (Å²) in [4.78, 5) is 19.0. The predicted octanol–water partition coefficient (Wildman–Crippen LogP) is 4.57. The number of carbonyl (C=O) groups excluding carboxylic acids is 1. The highest BCUT2D eigenvalue weighted by atomic mass is 16.5. The summed E-state index contributed by atoms with van der Waals surface area (Å²) in [5, 5.41) is 13.4. The fraction of sp³-hybridized carbons (Fsp3) is 0.130. The first-order valence-corrected chi connectivity index (χ1v) is 9.30. The molecule has 1 aromatic heterocycles. The second kappa shape index (κ2) is 7.31. The summed E-state index contributed by atoms with van der Waals surface area (Å²) in [6, 6.07) is 20.4. The van der Waals surface area contributed by atoms with Gasteiger partial charge < -0.3 is 15.4 Å². The zero-order valence-corrected chi connectivity index (χ0v) is 16.5. The van der Waals surface area contributed by atoms with Gasteiger partial charge in [-0.05, 0) is 73.2 Å². The van der Waals surface area contributed by atoms with Gasteiger partial charge in [0.25, 0.3) is 5.91 Å². The summed E-state index contributed by atoms with van der Waals surface area (Å²) in [7, 11) is 3.91. The lowest BCUT2D eigenvalue weighted by Gasteiger charge is -2.12. The molecule has 1 heterocycles. The maximum Gasteiger partial charge on any atom is 0.255 e. The molecule has 0 fully saturated rings. The number of nitrogens with zero attached hydrogens (tertiary/aromatic N) is 3. The molecule has 0 radical (unpaired) electrons. The lowest BCUT2D eigenvalue weighted by atomic mass is 10.1. The predicted molar refractivity (Wildman–Crippen MR) is 116 cm³/mol. The molecule has 6 nitrogen and oxygen atoms in total. The van der Waals surface area contributed by atoms with Crippen molar-refractivity contribution in [2.45, 2.75) is 6.92 Å². The molecule has 0 unspecified atom stereocenters. The number of fused-ring (bicyclic) bond motifs is 1. The van der Waals surface area contributed by atoms with Crippen molar-refractivity contribution in [1.82, 2.24) is 9.71 Å². The Bertz CT molecular complexity index is 1180. The van der Waals surface area contributed by atoms with Crippen molar-refractivity contribution < 1.29 is 10.0 Å². The molecule has 0 atom stereocenters. The SMILES string of the molecule is Cc1ccc2nc(-c3ccc(NC(=O)c4ccc(N(C)C)cc4)cc3)n(O)c2c1. The van der Waals surface area contributed by atoms with Crippen molar-refractivity contribution in [2.24, 2.45) is 0 Å². The van der Waals surface area contributed by atoms with Crippen LogP contribution in [0.15, 0.2) is 66.7 Å². The molecule has 0 saturated carbocycles. The van der Waals surface area contributed by atoms with Crippen molar-refractivity contribution in [3.05, 3.63) is 77.9 Å². The van der Waals surface area contributed by atoms with Gasteiger partial charge in [-0.15, -0.1) is 0 Å². The van der Waals surface area contributed by atoms with Gasteiger partial charge in [0.15, 0.2) is 5.82 Å². The Morgan fingerprint density at radius 3 is 2.34 bits per heavy atom. The molecular weight excluding hydrogens is 364 g/mol. The summed E-state index contributed by atoms with van der Waals surface area (Å²) >= 11 is 0. The number of amides is 1. The zero-order chi connectivity index (χ0) is 20.5. The number of hydrogen-bond acceptors (Lipinski definition) is 4. The average Bonchev–Trinajstić information content (AvgIpc) is 3.04. The van der Waals surface area contributed by atoms with Gasteiger partial charge in [0, 0.05) is 36.6 Å². The van der Waals surface area contributed by atoms with Crippen LogP contribution in [-0.2, 0) is 0 Å². The molecule has 0 aliphatic rings. The fourth-order valence-corrected chi connectivity index (χ4v) is 3.18. The number of anilines is 2. The molecule has 0 saturated heterocycles. The molecule has 3 aromatic carbocycles. The second-order valence-electron chi connectivity index (χ2n) is 7.21. The van der Waals surface area contributed by atoms with E-state index in [4.69, 9.17) is 0 Å². The highest BCUT2D eigenvalue weighted by Crippen LogP contribution is 2.25. The summed E-state index contributed by atoms with van der Waals surface area (Å²) < 4.78 is 1.10. The number of imidazole rings is 1. The average molecular weight is 386 g/mol. The fourth-order valence-electron chi connectivity index (χ4n) is 3.18. The topological polar surface area (TPSA) is 70.4 Å². The highest BCUT2D eigenvalue weighted by molar-refractivity contribution is 6.04. The molecular formula is C23H22N4O2. The maximum absolute atomic E-state index is 12.5. The van der Waals surface area contributed by atoms with E-state index in [9.17, 15) is 10.0 Å². The van der Waals surface area contributed by atoms with Gasteiger partial charge in [-0.25, -0.2) is 4.98 Å². The first kappa shape index (κ1) is 18.6. The summed E-state index contributed by atoms with van der Waals surface area (Å²) in [5.74, 6) is 0.288. The summed E-state index contributed by atoms with van der Waals surface area (Å²) in [5.41, 5.74) is 5.50. The van der Waals surface area contributed by atoms with Crippen molar-refractivity contribution in [2.75, 3.05) is 24.3 Å². The van der Waals surface area contributed by atoms with Crippen molar-refractivity contribution >= 4 is 28.3 Å². The van der Waals surface area contributed by atoms with Crippen LogP contribution in [0.4, 0.5) is 11.4 Å². The van der Waals surface area contributed by atoms with Gasteiger partial charge in [-0.2, -0.15) is 4.73 Å². The van der Waals surface area contributed by atoms with Gasteiger partial charge >= 0.3 is 0 Å². The van der Waals surface area contributed by atoms with E-state index in [-0.39, 0.29) is 5.91 Å². The van der Waals surface area contributed by atoms with Gasteiger partial charge in [0.05, 0.1) is 5.52 Å². The number of aromatic nitrogens is 2. The molecule has 4 aromatic rings. The Kier molecular flexibility index (Phi) is 4.68. The minimum absolute atomic E-state index is 0.173. The van der Waals surface area contributed by atoms with Gasteiger partial charge in [0.1, 0.15) is 5.52 Å². The van der Waals surface area contributed by atoms with Crippen LogP contribution in [0.1, 0.15) is 15.9 Å². The van der Waals surface area contributed by atoms with Gasteiger partial charge in [0.2, 0.25) is 0 Å². The Labute approximate surface area is 169 Å². The second-order valence-corrected chi connectivity index (χ2v) is 7.21. The maximum atomic E-state index is 12.5. The summed E-state index contributed by atoms with van der Waals surface area (Å²) in [6.45, 7) is 1.97. The van der Waals surface area contributed by atoms with Crippen LogP contribution in [0.2, 0.25) is 0 Å². The third kappa shape index (κ3) is 3.65. The monoisotopic (exact) mass is 386 g/mol. The lowest BCUT2D eigenvalue weighted by Crippen LogP contribution is -2.13. The van der Waals surface area contributed by atoms with Crippen molar-refractivity contribution in [1.29, 1.82) is 0 Å². The van der Waals surface area contributed by atoms with E-state index in [1.165, 1.54) is 0 Å².